The third-order valence-electron chi connectivity index (χ3n) is 4.26. The van der Waals surface area contributed by atoms with E-state index in [1.807, 2.05) is 19.9 Å². The summed E-state index contributed by atoms with van der Waals surface area (Å²) in [5, 5.41) is 4.19. The molecule has 0 saturated carbocycles. The molecule has 2 rings (SSSR count). The number of rotatable bonds is 12. The van der Waals surface area contributed by atoms with Crippen molar-refractivity contribution in [2.75, 3.05) is 57.6 Å². The van der Waals surface area contributed by atoms with Crippen LogP contribution < -0.4 is 24.3 Å². The molecule has 0 unspecified atom stereocenters. The molecule has 9 nitrogen and oxygen atoms in total. The molecular weight excluding hydrogens is 494 g/mol. The van der Waals surface area contributed by atoms with Gasteiger partial charge in [-0.15, -0.1) is 0 Å². The highest BCUT2D eigenvalue weighted by Gasteiger charge is 2.07. The van der Waals surface area contributed by atoms with Gasteiger partial charge in [0, 0.05) is 36.2 Å². The minimum atomic E-state index is -3.12. The Morgan fingerprint density at radius 3 is 1.83 bits per heavy atom. The summed E-state index contributed by atoms with van der Waals surface area (Å²) in [5.41, 5.74) is 1.56. The van der Waals surface area contributed by atoms with Crippen LogP contribution in [-0.2, 0) is 19.7 Å². The van der Waals surface area contributed by atoms with Crippen LogP contribution in [0.15, 0.2) is 41.8 Å². The Morgan fingerprint density at radius 1 is 0.800 bits per heavy atom. The maximum Gasteiger partial charge on any atom is 0.168 e. The van der Waals surface area contributed by atoms with Crippen LogP contribution in [0.1, 0.15) is 19.4 Å². The Hall–Kier alpha value is -2.92. The Balaban J connectivity index is 0.000000351. The van der Waals surface area contributed by atoms with Crippen molar-refractivity contribution in [2.24, 2.45) is 0 Å². The Kier molecular flexibility index (Phi) is 12.5. The topological polar surface area (TPSA) is 117 Å². The number of hydrogen-bond acceptors (Lipinski definition) is 9. The van der Waals surface area contributed by atoms with Gasteiger partial charge >= 0.3 is 0 Å². The van der Waals surface area contributed by atoms with E-state index in [2.05, 4.69) is 5.32 Å². The number of anilines is 1. The molecule has 0 radical (unpaired) electrons. The van der Waals surface area contributed by atoms with Crippen LogP contribution in [0.3, 0.4) is 0 Å². The van der Waals surface area contributed by atoms with Crippen molar-refractivity contribution < 1.29 is 35.8 Å². The van der Waals surface area contributed by atoms with Crippen molar-refractivity contribution >= 4 is 31.4 Å². The van der Waals surface area contributed by atoms with Crippen LogP contribution in [-0.4, -0.2) is 69.1 Å². The average Bonchev–Trinajstić information content (AvgIpc) is 2.78. The molecular formula is C24H35NO8S2. The first-order valence-electron chi connectivity index (χ1n) is 10.8. The summed E-state index contributed by atoms with van der Waals surface area (Å²) in [6.07, 6.45) is 3.89. The van der Waals surface area contributed by atoms with E-state index in [1.165, 1.54) is 12.3 Å². The first-order valence-corrected chi connectivity index (χ1v) is 14.8. The van der Waals surface area contributed by atoms with Crippen LogP contribution in [0.4, 0.5) is 5.69 Å². The van der Waals surface area contributed by atoms with Gasteiger partial charge in [0.15, 0.2) is 32.8 Å². The van der Waals surface area contributed by atoms with Crippen LogP contribution in [0.25, 0.3) is 6.08 Å². The molecule has 0 aliphatic rings. The maximum atomic E-state index is 11.0. The second-order valence-electron chi connectivity index (χ2n) is 7.33. The largest absolute Gasteiger partial charge is 0.493 e. The molecule has 196 valence electrons. The molecule has 11 heteroatoms. The van der Waals surface area contributed by atoms with Crippen LogP contribution in [0.5, 0.6) is 23.0 Å². The molecule has 0 atom stereocenters. The van der Waals surface area contributed by atoms with E-state index in [9.17, 15) is 16.8 Å². The molecule has 2 aromatic rings. The van der Waals surface area contributed by atoms with E-state index in [4.69, 9.17) is 18.9 Å². The zero-order chi connectivity index (χ0) is 26.5. The van der Waals surface area contributed by atoms with Gasteiger partial charge < -0.3 is 24.3 Å². The van der Waals surface area contributed by atoms with E-state index < -0.39 is 19.7 Å². The fourth-order valence-corrected chi connectivity index (χ4v) is 3.58. The molecule has 1 N–H and O–H groups in total. The van der Waals surface area contributed by atoms with E-state index in [0.717, 1.165) is 22.9 Å². The lowest BCUT2D eigenvalue weighted by molar-refractivity contribution is 0.311. The number of methoxy groups -OCH3 is 2. The summed E-state index contributed by atoms with van der Waals surface area (Å²) in [6.45, 7) is 5.21. The van der Waals surface area contributed by atoms with Gasteiger partial charge in [-0.3, -0.25) is 0 Å². The normalized spacial score (nSPS) is 11.4. The van der Waals surface area contributed by atoms with Gasteiger partial charge in [0.05, 0.1) is 33.2 Å². The quantitative estimate of drug-likeness (QED) is 0.439. The van der Waals surface area contributed by atoms with Crippen molar-refractivity contribution in [3.63, 3.8) is 0 Å². The van der Waals surface area contributed by atoms with Crippen molar-refractivity contribution in [2.45, 2.75) is 13.8 Å². The number of sulfone groups is 2. The number of nitrogens with one attached hydrogen (secondary N) is 1. The highest BCUT2D eigenvalue weighted by atomic mass is 32.2. The van der Waals surface area contributed by atoms with Crippen LogP contribution in [0.2, 0.25) is 0 Å². The number of benzene rings is 2. The summed E-state index contributed by atoms with van der Waals surface area (Å²) in [7, 11) is -2.92. The molecule has 0 spiro atoms. The van der Waals surface area contributed by atoms with E-state index in [0.29, 0.717) is 42.8 Å². The second-order valence-corrected chi connectivity index (χ2v) is 11.5. The van der Waals surface area contributed by atoms with Gasteiger partial charge in [0.1, 0.15) is 9.84 Å². The Morgan fingerprint density at radius 2 is 1.34 bits per heavy atom. The first kappa shape index (κ1) is 30.1. The minimum Gasteiger partial charge on any atom is -0.493 e. The zero-order valence-electron chi connectivity index (χ0n) is 21.0. The van der Waals surface area contributed by atoms with E-state index in [1.54, 1.807) is 44.6 Å². The second kappa shape index (κ2) is 14.5. The molecule has 0 aliphatic heterocycles. The van der Waals surface area contributed by atoms with Crippen molar-refractivity contribution in [1.82, 2.24) is 0 Å². The average molecular weight is 530 g/mol. The molecule has 0 amide bonds. The molecule has 0 aliphatic carbocycles. The van der Waals surface area contributed by atoms with E-state index >= 15 is 0 Å². The molecule has 0 saturated heterocycles. The fraction of sp³-hybridized carbons (Fsp3) is 0.417. The van der Waals surface area contributed by atoms with E-state index in [-0.39, 0.29) is 5.75 Å². The summed E-state index contributed by atoms with van der Waals surface area (Å²) >= 11 is 0. The minimum absolute atomic E-state index is 0.100. The number of ether oxygens (including phenoxy) is 4. The van der Waals surface area contributed by atoms with Gasteiger partial charge in [-0.1, -0.05) is 6.07 Å². The first-order chi connectivity index (χ1) is 16.4. The van der Waals surface area contributed by atoms with Gasteiger partial charge in [-0.05, 0) is 49.8 Å². The van der Waals surface area contributed by atoms with Gasteiger partial charge in [0.2, 0.25) is 0 Å². The standard InChI is InChI=1S/C12H19NO4S.C12H16O4S/c1-4-17-12-9-10(5-6-11(12)16-2)13-7-8-18(3,14)15;1-4-16-12-9-10(5-6-11(12)15-2)7-8-17(3,13)14/h5-6,9,13H,4,7-8H2,1-3H3;5-9H,4H2,1-3H3. The molecule has 0 aromatic heterocycles. The van der Waals surface area contributed by atoms with Crippen molar-refractivity contribution in [3.8, 4) is 23.0 Å². The molecule has 0 heterocycles. The Labute approximate surface area is 208 Å². The summed E-state index contributed by atoms with van der Waals surface area (Å²) in [6, 6.07) is 10.7. The summed E-state index contributed by atoms with van der Waals surface area (Å²) < 4.78 is 65.1. The highest BCUT2D eigenvalue weighted by Crippen LogP contribution is 2.30. The molecule has 0 bridgehead atoms. The van der Waals surface area contributed by atoms with Crippen molar-refractivity contribution in [1.29, 1.82) is 0 Å². The van der Waals surface area contributed by atoms with Crippen LogP contribution in [0, 0.1) is 0 Å². The Bertz CT molecular complexity index is 1180. The predicted molar refractivity (Wildman–Crippen MR) is 140 cm³/mol. The molecule has 0 fully saturated rings. The highest BCUT2D eigenvalue weighted by molar-refractivity contribution is 7.93. The SMILES string of the molecule is CCOc1cc(C=CS(C)(=O)=O)ccc1OC.CCOc1cc(NCCS(C)(=O)=O)ccc1OC. The zero-order valence-corrected chi connectivity index (χ0v) is 22.7. The lowest BCUT2D eigenvalue weighted by atomic mass is 10.2. The smallest absolute Gasteiger partial charge is 0.168 e. The maximum absolute atomic E-state index is 11.0. The third kappa shape index (κ3) is 12.4. The lowest BCUT2D eigenvalue weighted by Crippen LogP contribution is -2.14. The molecule has 35 heavy (non-hydrogen) atoms. The monoisotopic (exact) mass is 529 g/mol. The predicted octanol–water partition coefficient (Wildman–Crippen LogP) is 3.66. The van der Waals surface area contributed by atoms with Gasteiger partial charge in [-0.25, -0.2) is 16.8 Å². The number of hydrogen-bond donors (Lipinski definition) is 1. The van der Waals surface area contributed by atoms with Gasteiger partial charge in [-0.2, -0.15) is 0 Å². The lowest BCUT2D eigenvalue weighted by Gasteiger charge is -2.12. The summed E-state index contributed by atoms with van der Waals surface area (Å²) in [5.74, 6) is 2.63. The summed E-state index contributed by atoms with van der Waals surface area (Å²) in [4.78, 5) is 0. The fourth-order valence-electron chi connectivity index (χ4n) is 2.70. The van der Waals surface area contributed by atoms with Crippen molar-refractivity contribution in [3.05, 3.63) is 47.4 Å². The van der Waals surface area contributed by atoms with Crippen LogP contribution >= 0.6 is 0 Å². The third-order valence-corrected chi connectivity index (χ3v) is 5.84. The molecule has 2 aromatic carbocycles. The van der Waals surface area contributed by atoms with Gasteiger partial charge in [0.25, 0.3) is 0 Å².